The van der Waals surface area contributed by atoms with Gasteiger partial charge in [-0.25, -0.2) is 0 Å². The molecule has 3 heteroatoms. The second-order valence-electron chi connectivity index (χ2n) is 3.88. The lowest BCUT2D eigenvalue weighted by Gasteiger charge is -1.98. The van der Waals surface area contributed by atoms with E-state index in [2.05, 4.69) is 26.0 Å². The van der Waals surface area contributed by atoms with Gasteiger partial charge in [-0.15, -0.1) is 12.4 Å². The molecule has 2 nitrogen and oxygen atoms in total. The van der Waals surface area contributed by atoms with Crippen molar-refractivity contribution < 1.29 is 4.42 Å². The third kappa shape index (κ3) is 2.01. The number of halogens is 1. The molecule has 1 unspecified atom stereocenters. The van der Waals surface area contributed by atoms with E-state index in [-0.39, 0.29) is 18.4 Å². The van der Waals surface area contributed by atoms with E-state index in [9.17, 15) is 0 Å². The molecule has 0 fully saturated rings. The van der Waals surface area contributed by atoms with Gasteiger partial charge in [-0.2, -0.15) is 0 Å². The Balaban J connectivity index is 0.00000112. The smallest absolute Gasteiger partial charge is 0.137 e. The molecule has 1 aromatic heterocycles. The number of furan rings is 1. The highest BCUT2D eigenvalue weighted by atomic mass is 35.5. The molecule has 15 heavy (non-hydrogen) atoms. The fraction of sp³-hybridized carbons (Fsp3) is 0.333. The second kappa shape index (κ2) is 4.25. The highest BCUT2D eigenvalue weighted by Crippen LogP contribution is 2.27. The largest absolute Gasteiger partial charge is 0.459 e. The summed E-state index contributed by atoms with van der Waals surface area (Å²) < 4.78 is 5.72. The minimum atomic E-state index is -0.0406. The first-order chi connectivity index (χ1) is 6.59. The predicted octanol–water partition coefficient (Wildman–Crippen LogP) is 3.49. The van der Waals surface area contributed by atoms with Crippen molar-refractivity contribution in [2.24, 2.45) is 5.73 Å². The predicted molar refractivity (Wildman–Crippen MR) is 65.5 cm³/mol. The normalized spacial score (nSPS) is 12.5. The van der Waals surface area contributed by atoms with E-state index >= 15 is 0 Å². The van der Waals surface area contributed by atoms with Crippen LogP contribution >= 0.6 is 12.4 Å². The molecule has 2 N–H and O–H groups in total. The number of benzene rings is 1. The summed E-state index contributed by atoms with van der Waals surface area (Å²) in [6, 6.07) is 6.19. The number of hydrogen-bond donors (Lipinski definition) is 1. The van der Waals surface area contributed by atoms with Crippen LogP contribution in [0, 0.1) is 13.8 Å². The van der Waals surface area contributed by atoms with Crippen LogP contribution in [-0.4, -0.2) is 0 Å². The van der Waals surface area contributed by atoms with Gasteiger partial charge in [0, 0.05) is 5.39 Å². The molecule has 1 aromatic carbocycles. The van der Waals surface area contributed by atoms with E-state index < -0.39 is 0 Å². The highest BCUT2D eigenvalue weighted by Gasteiger charge is 2.10. The topological polar surface area (TPSA) is 39.2 Å². The minimum absolute atomic E-state index is 0. The van der Waals surface area contributed by atoms with Crippen molar-refractivity contribution in [2.75, 3.05) is 0 Å². The molecule has 0 spiro atoms. The summed E-state index contributed by atoms with van der Waals surface area (Å²) >= 11 is 0. The third-order valence-corrected chi connectivity index (χ3v) is 2.57. The zero-order chi connectivity index (χ0) is 10.3. The minimum Gasteiger partial charge on any atom is -0.459 e. The maximum Gasteiger partial charge on any atom is 0.137 e. The van der Waals surface area contributed by atoms with Crippen LogP contribution < -0.4 is 5.73 Å². The fourth-order valence-electron chi connectivity index (χ4n) is 1.64. The molecule has 0 aliphatic carbocycles. The SMILES string of the molecule is Cc1ccc(C)c2oc(C(C)N)cc12.Cl. The number of fused-ring (bicyclic) bond motifs is 1. The van der Waals surface area contributed by atoms with Gasteiger partial charge in [0.05, 0.1) is 6.04 Å². The van der Waals surface area contributed by atoms with Gasteiger partial charge in [-0.3, -0.25) is 0 Å². The van der Waals surface area contributed by atoms with Gasteiger partial charge < -0.3 is 10.2 Å². The fourth-order valence-corrected chi connectivity index (χ4v) is 1.64. The molecule has 0 bridgehead atoms. The van der Waals surface area contributed by atoms with Crippen LogP contribution in [0.3, 0.4) is 0 Å². The molecule has 82 valence electrons. The van der Waals surface area contributed by atoms with Crippen LogP contribution in [0.5, 0.6) is 0 Å². The van der Waals surface area contributed by atoms with E-state index in [1.165, 1.54) is 10.9 Å². The molecular formula is C12H16ClNO. The zero-order valence-electron chi connectivity index (χ0n) is 9.20. The van der Waals surface area contributed by atoms with Crippen molar-refractivity contribution in [1.29, 1.82) is 0 Å². The van der Waals surface area contributed by atoms with E-state index in [4.69, 9.17) is 10.2 Å². The Morgan fingerprint density at radius 3 is 2.33 bits per heavy atom. The molecule has 1 heterocycles. The van der Waals surface area contributed by atoms with E-state index in [1.807, 2.05) is 13.0 Å². The van der Waals surface area contributed by atoms with Crippen molar-refractivity contribution in [3.8, 4) is 0 Å². The van der Waals surface area contributed by atoms with Gasteiger partial charge in [-0.1, -0.05) is 12.1 Å². The van der Waals surface area contributed by atoms with Gasteiger partial charge in [0.2, 0.25) is 0 Å². The van der Waals surface area contributed by atoms with E-state index in [0.717, 1.165) is 16.9 Å². The Labute approximate surface area is 95.9 Å². The summed E-state index contributed by atoms with van der Waals surface area (Å²) in [4.78, 5) is 0. The van der Waals surface area contributed by atoms with Crippen molar-refractivity contribution in [3.05, 3.63) is 35.1 Å². The molecule has 0 radical (unpaired) electrons. The Hall–Kier alpha value is -0.990. The van der Waals surface area contributed by atoms with Crippen molar-refractivity contribution in [3.63, 3.8) is 0 Å². The van der Waals surface area contributed by atoms with Crippen LogP contribution in [0.25, 0.3) is 11.0 Å². The summed E-state index contributed by atoms with van der Waals surface area (Å²) in [5, 5.41) is 1.18. The van der Waals surface area contributed by atoms with Crippen molar-refractivity contribution >= 4 is 23.4 Å². The summed E-state index contributed by atoms with van der Waals surface area (Å²) in [5.74, 6) is 0.859. The summed E-state index contributed by atoms with van der Waals surface area (Å²) in [7, 11) is 0. The standard InChI is InChI=1S/C12H15NO.ClH/c1-7-4-5-8(2)12-10(7)6-11(14-12)9(3)13;/h4-6,9H,13H2,1-3H3;1H. The first-order valence-corrected chi connectivity index (χ1v) is 4.85. The lowest BCUT2D eigenvalue weighted by Crippen LogP contribution is -2.02. The van der Waals surface area contributed by atoms with Gasteiger partial charge in [0.1, 0.15) is 11.3 Å². The summed E-state index contributed by atoms with van der Waals surface area (Å²) in [5.41, 5.74) is 9.16. The third-order valence-electron chi connectivity index (χ3n) is 2.57. The lowest BCUT2D eigenvalue weighted by molar-refractivity contribution is 0.511. The molecule has 0 saturated carbocycles. The lowest BCUT2D eigenvalue weighted by atomic mass is 10.1. The summed E-state index contributed by atoms with van der Waals surface area (Å²) in [6.07, 6.45) is 0. The zero-order valence-corrected chi connectivity index (χ0v) is 10.0. The number of nitrogens with two attached hydrogens (primary N) is 1. The molecule has 2 aromatic rings. The number of aryl methyl sites for hydroxylation is 2. The van der Waals surface area contributed by atoms with Gasteiger partial charge in [0.25, 0.3) is 0 Å². The van der Waals surface area contributed by atoms with Crippen molar-refractivity contribution in [1.82, 2.24) is 0 Å². The molecule has 0 aliphatic rings. The molecule has 0 saturated heterocycles. The molecule has 0 aliphatic heterocycles. The quantitative estimate of drug-likeness (QED) is 0.807. The van der Waals surface area contributed by atoms with E-state index in [0.29, 0.717) is 0 Å². The first-order valence-electron chi connectivity index (χ1n) is 4.85. The van der Waals surface area contributed by atoms with Crippen LogP contribution in [0.1, 0.15) is 29.9 Å². The average Bonchev–Trinajstić information content (AvgIpc) is 2.57. The Morgan fingerprint density at radius 1 is 1.20 bits per heavy atom. The van der Waals surface area contributed by atoms with Crippen LogP contribution in [0.15, 0.2) is 22.6 Å². The molecule has 1 atom stereocenters. The maximum atomic E-state index is 5.78. The Bertz CT molecular complexity index is 435. The van der Waals surface area contributed by atoms with Crippen LogP contribution in [0.2, 0.25) is 0 Å². The Kier molecular flexibility index (Phi) is 3.42. The van der Waals surface area contributed by atoms with Crippen LogP contribution in [0.4, 0.5) is 0 Å². The maximum absolute atomic E-state index is 5.78. The summed E-state index contributed by atoms with van der Waals surface area (Å²) in [6.45, 7) is 6.07. The first kappa shape index (κ1) is 12.1. The Morgan fingerprint density at radius 2 is 1.80 bits per heavy atom. The van der Waals surface area contributed by atoms with E-state index in [1.54, 1.807) is 0 Å². The average molecular weight is 226 g/mol. The highest BCUT2D eigenvalue weighted by molar-refractivity contribution is 5.85. The monoisotopic (exact) mass is 225 g/mol. The van der Waals surface area contributed by atoms with Gasteiger partial charge >= 0.3 is 0 Å². The van der Waals surface area contributed by atoms with Gasteiger partial charge in [-0.05, 0) is 38.0 Å². The number of hydrogen-bond acceptors (Lipinski definition) is 2. The molecular weight excluding hydrogens is 210 g/mol. The number of rotatable bonds is 1. The second-order valence-corrected chi connectivity index (χ2v) is 3.88. The van der Waals surface area contributed by atoms with Crippen LogP contribution in [-0.2, 0) is 0 Å². The van der Waals surface area contributed by atoms with Crippen molar-refractivity contribution in [2.45, 2.75) is 26.8 Å². The van der Waals surface area contributed by atoms with Gasteiger partial charge in [0.15, 0.2) is 0 Å². The molecule has 2 rings (SSSR count). The molecule has 0 amide bonds.